The molecule has 1 aromatic carbocycles. The van der Waals surface area contributed by atoms with Crippen molar-refractivity contribution in [3.05, 3.63) is 34.9 Å². The van der Waals surface area contributed by atoms with Gasteiger partial charge in [0, 0.05) is 11.6 Å². The number of benzene rings is 1. The van der Waals surface area contributed by atoms with E-state index in [0.29, 0.717) is 11.6 Å². The Kier molecular flexibility index (Phi) is 6.52. The predicted octanol–water partition coefficient (Wildman–Crippen LogP) is 0.749. The molecule has 6 nitrogen and oxygen atoms in total. The number of hydrogen-bond donors (Lipinski definition) is 2. The number of nitrogens with one attached hydrogen (secondary N) is 2. The van der Waals surface area contributed by atoms with Crippen molar-refractivity contribution in [2.24, 2.45) is 0 Å². The van der Waals surface area contributed by atoms with Crippen molar-refractivity contribution < 1.29 is 19.1 Å². The number of rotatable bonds is 6. The Bertz CT molecular complexity index is 505. The molecule has 0 unspecified atom stereocenters. The van der Waals surface area contributed by atoms with Crippen LogP contribution in [-0.4, -0.2) is 37.5 Å². The zero-order valence-electron chi connectivity index (χ0n) is 10.9. The van der Waals surface area contributed by atoms with Gasteiger partial charge in [-0.3, -0.25) is 9.59 Å². The molecule has 0 aliphatic rings. The normalized spacial score (nSPS) is 9.70. The number of amides is 2. The Balaban J connectivity index is 2.34. The third kappa shape index (κ3) is 5.71. The molecular weight excluding hydrogens is 284 g/mol. The fraction of sp³-hybridized carbons (Fsp3) is 0.308. The molecule has 0 atom stereocenters. The molecular formula is C13H15ClN2O4. The molecule has 2 amide bonds. The molecule has 0 heterocycles. The van der Waals surface area contributed by atoms with Gasteiger partial charge in [0.25, 0.3) is 5.91 Å². The fourth-order valence-electron chi connectivity index (χ4n) is 1.32. The van der Waals surface area contributed by atoms with Crippen LogP contribution in [0.3, 0.4) is 0 Å². The lowest BCUT2D eigenvalue weighted by Gasteiger charge is -2.06. The van der Waals surface area contributed by atoms with E-state index in [9.17, 15) is 14.4 Å². The van der Waals surface area contributed by atoms with E-state index in [-0.39, 0.29) is 18.0 Å². The Morgan fingerprint density at radius 3 is 2.60 bits per heavy atom. The van der Waals surface area contributed by atoms with Crippen molar-refractivity contribution in [1.82, 2.24) is 10.6 Å². The van der Waals surface area contributed by atoms with Crippen molar-refractivity contribution in [2.45, 2.75) is 6.92 Å². The molecule has 108 valence electrons. The molecule has 20 heavy (non-hydrogen) atoms. The van der Waals surface area contributed by atoms with Gasteiger partial charge in [-0.15, -0.1) is 0 Å². The molecule has 0 saturated carbocycles. The first-order chi connectivity index (χ1) is 9.52. The second-order valence-corrected chi connectivity index (χ2v) is 4.25. The minimum absolute atomic E-state index is 0.151. The average molecular weight is 299 g/mol. The minimum Gasteiger partial charge on any atom is -0.452 e. The maximum atomic E-state index is 11.6. The van der Waals surface area contributed by atoms with Gasteiger partial charge in [-0.1, -0.05) is 17.7 Å². The summed E-state index contributed by atoms with van der Waals surface area (Å²) < 4.78 is 4.80. The summed E-state index contributed by atoms with van der Waals surface area (Å²) >= 11 is 5.73. The molecule has 7 heteroatoms. The van der Waals surface area contributed by atoms with Crippen molar-refractivity contribution in [1.29, 1.82) is 0 Å². The predicted molar refractivity (Wildman–Crippen MR) is 73.4 cm³/mol. The summed E-state index contributed by atoms with van der Waals surface area (Å²) in [6, 6.07) is 6.20. The third-order valence-corrected chi connectivity index (χ3v) is 2.45. The number of ether oxygens (including phenoxy) is 1. The highest BCUT2D eigenvalue weighted by molar-refractivity contribution is 6.30. The lowest BCUT2D eigenvalue weighted by molar-refractivity contribution is -0.127. The van der Waals surface area contributed by atoms with Gasteiger partial charge < -0.3 is 15.4 Å². The molecule has 0 saturated heterocycles. The highest BCUT2D eigenvalue weighted by Crippen LogP contribution is 2.11. The Hall–Kier alpha value is -2.08. The number of carbonyl (C=O) groups is 3. The largest absolute Gasteiger partial charge is 0.452 e. The number of esters is 1. The SMILES string of the molecule is CCNC(=O)CNC(=O)COC(=O)c1cccc(Cl)c1. The first kappa shape index (κ1) is 16.0. The summed E-state index contributed by atoms with van der Waals surface area (Å²) in [5, 5.41) is 5.26. The summed E-state index contributed by atoms with van der Waals surface area (Å²) in [6.45, 7) is 1.65. The van der Waals surface area contributed by atoms with Crippen LogP contribution in [0.25, 0.3) is 0 Å². The zero-order valence-corrected chi connectivity index (χ0v) is 11.7. The van der Waals surface area contributed by atoms with Gasteiger partial charge in [-0.2, -0.15) is 0 Å². The molecule has 2 N–H and O–H groups in total. The lowest BCUT2D eigenvalue weighted by Crippen LogP contribution is -2.38. The maximum absolute atomic E-state index is 11.6. The number of likely N-dealkylation sites (N-methyl/N-ethyl adjacent to an activating group) is 1. The second-order valence-electron chi connectivity index (χ2n) is 3.82. The van der Waals surface area contributed by atoms with Crippen LogP contribution in [0.5, 0.6) is 0 Å². The van der Waals surface area contributed by atoms with Gasteiger partial charge in [0.15, 0.2) is 6.61 Å². The van der Waals surface area contributed by atoms with Crippen LogP contribution in [0.1, 0.15) is 17.3 Å². The number of halogens is 1. The van der Waals surface area contributed by atoms with Crippen molar-refractivity contribution in [2.75, 3.05) is 19.7 Å². The van der Waals surface area contributed by atoms with Crippen LogP contribution in [0, 0.1) is 0 Å². The van der Waals surface area contributed by atoms with E-state index in [1.54, 1.807) is 19.1 Å². The van der Waals surface area contributed by atoms with E-state index in [2.05, 4.69) is 10.6 Å². The monoisotopic (exact) mass is 298 g/mol. The van der Waals surface area contributed by atoms with Gasteiger partial charge in [0.05, 0.1) is 12.1 Å². The van der Waals surface area contributed by atoms with Gasteiger partial charge >= 0.3 is 5.97 Å². The molecule has 0 aromatic heterocycles. The molecule has 0 fully saturated rings. The summed E-state index contributed by atoms with van der Waals surface area (Å²) in [7, 11) is 0. The van der Waals surface area contributed by atoms with Gasteiger partial charge in [-0.05, 0) is 25.1 Å². The van der Waals surface area contributed by atoms with E-state index in [4.69, 9.17) is 16.3 Å². The van der Waals surface area contributed by atoms with E-state index >= 15 is 0 Å². The van der Waals surface area contributed by atoms with E-state index in [0.717, 1.165) is 0 Å². The van der Waals surface area contributed by atoms with Crippen LogP contribution < -0.4 is 10.6 Å². The Morgan fingerprint density at radius 1 is 1.20 bits per heavy atom. The topological polar surface area (TPSA) is 84.5 Å². The van der Waals surface area contributed by atoms with Crippen LogP contribution in [-0.2, 0) is 14.3 Å². The highest BCUT2D eigenvalue weighted by Gasteiger charge is 2.11. The first-order valence-electron chi connectivity index (χ1n) is 5.99. The van der Waals surface area contributed by atoms with Crippen LogP contribution in [0.15, 0.2) is 24.3 Å². The molecule has 0 spiro atoms. The van der Waals surface area contributed by atoms with Crippen LogP contribution in [0.2, 0.25) is 5.02 Å². The number of hydrogen-bond acceptors (Lipinski definition) is 4. The summed E-state index contributed by atoms with van der Waals surface area (Å²) in [5.41, 5.74) is 0.258. The minimum atomic E-state index is -0.652. The van der Waals surface area contributed by atoms with Crippen molar-refractivity contribution in [3.8, 4) is 0 Å². The second kappa shape index (κ2) is 8.16. The van der Waals surface area contributed by atoms with Crippen molar-refractivity contribution in [3.63, 3.8) is 0 Å². The van der Waals surface area contributed by atoms with Crippen LogP contribution >= 0.6 is 11.6 Å². The smallest absolute Gasteiger partial charge is 0.338 e. The molecule has 0 bridgehead atoms. The highest BCUT2D eigenvalue weighted by atomic mass is 35.5. The fourth-order valence-corrected chi connectivity index (χ4v) is 1.51. The quantitative estimate of drug-likeness (QED) is 0.759. The molecule has 0 aliphatic carbocycles. The maximum Gasteiger partial charge on any atom is 0.338 e. The van der Waals surface area contributed by atoms with Crippen molar-refractivity contribution >= 4 is 29.4 Å². The van der Waals surface area contributed by atoms with Gasteiger partial charge in [0.1, 0.15) is 0 Å². The third-order valence-electron chi connectivity index (χ3n) is 2.21. The molecule has 1 aromatic rings. The van der Waals surface area contributed by atoms with E-state index in [1.807, 2.05) is 0 Å². The van der Waals surface area contributed by atoms with Crippen LogP contribution in [0.4, 0.5) is 0 Å². The molecule has 0 aliphatic heterocycles. The van der Waals surface area contributed by atoms with Gasteiger partial charge in [0.2, 0.25) is 5.91 Å². The van der Waals surface area contributed by atoms with E-state index in [1.165, 1.54) is 12.1 Å². The Labute approximate surface area is 121 Å². The molecule has 0 radical (unpaired) electrons. The first-order valence-corrected chi connectivity index (χ1v) is 6.36. The lowest BCUT2D eigenvalue weighted by atomic mass is 10.2. The standard InChI is InChI=1S/C13H15ClN2O4/c1-2-15-11(17)7-16-12(18)8-20-13(19)9-4-3-5-10(14)6-9/h3-6H,2,7-8H2,1H3,(H,15,17)(H,16,18). The summed E-state index contributed by atoms with van der Waals surface area (Å²) in [5.74, 6) is -1.51. The summed E-state index contributed by atoms with van der Waals surface area (Å²) in [6.07, 6.45) is 0. The number of carbonyl (C=O) groups excluding carboxylic acids is 3. The summed E-state index contributed by atoms with van der Waals surface area (Å²) in [4.78, 5) is 34.1. The average Bonchev–Trinajstić information content (AvgIpc) is 2.43. The molecule has 1 rings (SSSR count). The van der Waals surface area contributed by atoms with E-state index < -0.39 is 18.5 Å². The zero-order chi connectivity index (χ0) is 15.0. The Morgan fingerprint density at radius 2 is 1.95 bits per heavy atom. The van der Waals surface area contributed by atoms with Gasteiger partial charge in [-0.25, -0.2) is 4.79 Å².